The minimum Gasteiger partial charge on any atom is -0.369 e. The number of aromatic nitrogens is 1. The number of amides is 1. The maximum absolute atomic E-state index is 13.5. The Kier molecular flexibility index (Phi) is 3.25. The van der Waals surface area contributed by atoms with Crippen LogP contribution in [0.15, 0.2) is 52.5 Å². The molecular weight excluding hydrogens is 350 g/mol. The van der Waals surface area contributed by atoms with E-state index in [2.05, 4.69) is 4.98 Å². The predicted octanol–water partition coefficient (Wildman–Crippen LogP) is 1.55. The highest BCUT2D eigenvalue weighted by molar-refractivity contribution is 7.93. The summed E-state index contributed by atoms with van der Waals surface area (Å²) in [6.45, 7) is 5.17. The van der Waals surface area contributed by atoms with Crippen LogP contribution in [-0.4, -0.2) is 35.8 Å². The number of carbonyl (C=O) groups excluding carboxylic acids is 1. The van der Waals surface area contributed by atoms with Crippen LogP contribution in [-0.2, 0) is 20.0 Å². The van der Waals surface area contributed by atoms with Crippen LogP contribution in [0.5, 0.6) is 0 Å². The Morgan fingerprint density at radius 2 is 1.81 bits per heavy atom. The lowest BCUT2D eigenvalue weighted by Gasteiger charge is -2.36. The molecule has 2 aromatic rings. The number of carbonyl (C=O) groups is 1. The summed E-state index contributed by atoms with van der Waals surface area (Å²) in [6.07, 6.45) is 1.52. The molecule has 0 radical (unpaired) electrons. The first kappa shape index (κ1) is 16.9. The summed E-state index contributed by atoms with van der Waals surface area (Å²) in [5, 5.41) is -1.15. The lowest BCUT2D eigenvalue weighted by atomic mass is 9.65. The molecule has 2 N–H and O–H groups in total. The SMILES string of the molecule is Cc1nccc2c1S(=O)(=O)C1C(c3ccccc3)=NC(C)(C)C21C(N)=O. The molecule has 6 nitrogen and oxygen atoms in total. The molecule has 0 saturated carbocycles. The van der Waals surface area contributed by atoms with Gasteiger partial charge in [-0.3, -0.25) is 14.8 Å². The maximum Gasteiger partial charge on any atom is 0.232 e. The van der Waals surface area contributed by atoms with Crippen LogP contribution in [0.2, 0.25) is 0 Å². The van der Waals surface area contributed by atoms with Crippen LogP contribution in [0.3, 0.4) is 0 Å². The number of primary amides is 1. The van der Waals surface area contributed by atoms with Crippen molar-refractivity contribution in [3.8, 4) is 0 Å². The third-order valence-electron chi connectivity index (χ3n) is 5.57. The summed E-state index contributed by atoms with van der Waals surface area (Å²) >= 11 is 0. The fourth-order valence-electron chi connectivity index (χ4n) is 4.55. The molecule has 0 saturated heterocycles. The van der Waals surface area contributed by atoms with E-state index in [-0.39, 0.29) is 4.90 Å². The third kappa shape index (κ3) is 1.76. The predicted molar refractivity (Wildman–Crippen MR) is 97.9 cm³/mol. The molecule has 0 fully saturated rings. The zero-order valence-corrected chi connectivity index (χ0v) is 15.5. The summed E-state index contributed by atoms with van der Waals surface area (Å²) in [7, 11) is -3.88. The van der Waals surface area contributed by atoms with Gasteiger partial charge in [0.05, 0.1) is 21.8 Å². The van der Waals surface area contributed by atoms with E-state index in [1.165, 1.54) is 6.20 Å². The van der Waals surface area contributed by atoms with Crippen molar-refractivity contribution in [2.75, 3.05) is 0 Å². The smallest absolute Gasteiger partial charge is 0.232 e. The van der Waals surface area contributed by atoms with Crippen molar-refractivity contribution in [2.24, 2.45) is 10.7 Å². The van der Waals surface area contributed by atoms with Gasteiger partial charge in [-0.2, -0.15) is 0 Å². The molecule has 134 valence electrons. The highest BCUT2D eigenvalue weighted by Gasteiger charge is 2.72. The Labute approximate surface area is 152 Å². The number of benzene rings is 1. The van der Waals surface area contributed by atoms with Gasteiger partial charge in [0.15, 0.2) is 9.84 Å². The fourth-order valence-corrected chi connectivity index (χ4v) is 7.27. The van der Waals surface area contributed by atoms with Crippen LogP contribution < -0.4 is 5.73 Å². The average Bonchev–Trinajstić information content (AvgIpc) is 2.96. The Bertz CT molecular complexity index is 1070. The number of fused-ring (bicyclic) bond motifs is 3. The van der Waals surface area contributed by atoms with E-state index in [0.717, 1.165) is 0 Å². The number of nitrogens with two attached hydrogens (primary N) is 1. The molecule has 2 atom stereocenters. The summed E-state index contributed by atoms with van der Waals surface area (Å²) in [5.41, 5.74) is 5.24. The molecule has 1 aromatic heterocycles. The Morgan fingerprint density at radius 3 is 2.42 bits per heavy atom. The highest BCUT2D eigenvalue weighted by atomic mass is 32.2. The number of nitrogens with zero attached hydrogens (tertiary/aromatic N) is 2. The highest BCUT2D eigenvalue weighted by Crippen LogP contribution is 2.57. The van der Waals surface area contributed by atoms with Crippen LogP contribution in [0.1, 0.15) is 30.7 Å². The van der Waals surface area contributed by atoms with Gasteiger partial charge in [0.25, 0.3) is 0 Å². The van der Waals surface area contributed by atoms with Crippen LogP contribution >= 0.6 is 0 Å². The van der Waals surface area contributed by atoms with Crippen molar-refractivity contribution >= 4 is 21.5 Å². The topological polar surface area (TPSA) is 102 Å². The molecule has 1 amide bonds. The largest absolute Gasteiger partial charge is 0.369 e. The van der Waals surface area contributed by atoms with E-state index < -0.39 is 31.9 Å². The third-order valence-corrected chi connectivity index (χ3v) is 7.85. The second kappa shape index (κ2) is 5.01. The number of rotatable bonds is 2. The van der Waals surface area contributed by atoms with Crippen LogP contribution in [0.4, 0.5) is 0 Å². The molecule has 0 spiro atoms. The van der Waals surface area contributed by atoms with Gasteiger partial charge in [-0.05, 0) is 38.0 Å². The molecule has 26 heavy (non-hydrogen) atoms. The number of pyridine rings is 1. The monoisotopic (exact) mass is 369 g/mol. The lowest BCUT2D eigenvalue weighted by Crippen LogP contribution is -2.58. The van der Waals surface area contributed by atoms with Crippen LogP contribution in [0.25, 0.3) is 0 Å². The second-order valence-corrected chi connectivity index (χ2v) is 9.26. The first-order chi connectivity index (χ1) is 12.2. The number of aliphatic imine (C=N–C) groups is 1. The van der Waals surface area contributed by atoms with E-state index in [9.17, 15) is 13.2 Å². The summed E-state index contributed by atoms with van der Waals surface area (Å²) in [5.74, 6) is -0.685. The first-order valence-corrected chi connectivity index (χ1v) is 9.85. The zero-order valence-electron chi connectivity index (χ0n) is 14.7. The normalized spacial score (nSPS) is 27.5. The van der Waals surface area contributed by atoms with E-state index in [1.54, 1.807) is 39.0 Å². The van der Waals surface area contributed by atoms with Gasteiger partial charge < -0.3 is 5.73 Å². The van der Waals surface area contributed by atoms with Gasteiger partial charge in [-0.1, -0.05) is 30.3 Å². The number of hydrogen-bond donors (Lipinski definition) is 1. The molecule has 0 aliphatic carbocycles. The Balaban J connectivity index is 2.14. The van der Waals surface area contributed by atoms with E-state index in [0.29, 0.717) is 22.5 Å². The number of sulfone groups is 1. The number of aryl methyl sites for hydroxylation is 1. The van der Waals surface area contributed by atoms with E-state index >= 15 is 0 Å². The Hall–Kier alpha value is -2.54. The summed E-state index contributed by atoms with van der Waals surface area (Å²) in [6, 6.07) is 10.7. The zero-order chi connectivity index (χ0) is 18.9. The second-order valence-electron chi connectivity index (χ2n) is 7.29. The maximum atomic E-state index is 13.5. The minimum atomic E-state index is -3.88. The van der Waals surface area contributed by atoms with Crippen molar-refractivity contribution in [2.45, 2.75) is 41.9 Å². The summed E-state index contributed by atoms with van der Waals surface area (Å²) < 4.78 is 27.1. The van der Waals surface area contributed by atoms with E-state index in [4.69, 9.17) is 10.7 Å². The number of hydrogen-bond acceptors (Lipinski definition) is 5. The summed E-state index contributed by atoms with van der Waals surface area (Å²) in [4.78, 5) is 21.8. The molecule has 4 rings (SSSR count). The van der Waals surface area contributed by atoms with Crippen molar-refractivity contribution < 1.29 is 13.2 Å². The molecule has 2 aliphatic rings. The first-order valence-electron chi connectivity index (χ1n) is 8.31. The fraction of sp³-hybridized carbons (Fsp3) is 0.316. The standard InChI is InChI=1S/C19H19N3O3S/c1-11-15-13(9-10-21-11)19(17(20)23)16(26(15,24)25)14(22-18(19,2)3)12-7-5-4-6-8-12/h4-10,16H,1-3H3,(H2,20,23). The molecule has 2 unspecified atom stereocenters. The van der Waals surface area contributed by atoms with Crippen molar-refractivity contribution in [3.63, 3.8) is 0 Å². The van der Waals surface area contributed by atoms with Crippen LogP contribution in [0, 0.1) is 6.92 Å². The Morgan fingerprint density at radius 1 is 1.15 bits per heavy atom. The van der Waals surface area contributed by atoms with E-state index in [1.807, 2.05) is 18.2 Å². The van der Waals surface area contributed by atoms with Gasteiger partial charge >= 0.3 is 0 Å². The van der Waals surface area contributed by atoms with Crippen molar-refractivity contribution in [1.82, 2.24) is 4.98 Å². The van der Waals surface area contributed by atoms with Gasteiger partial charge in [0.1, 0.15) is 10.7 Å². The molecule has 3 heterocycles. The molecule has 0 bridgehead atoms. The van der Waals surface area contributed by atoms with Crippen molar-refractivity contribution in [1.29, 1.82) is 0 Å². The average molecular weight is 369 g/mol. The van der Waals surface area contributed by atoms with Gasteiger partial charge in [0, 0.05) is 6.20 Å². The van der Waals surface area contributed by atoms with Gasteiger partial charge in [-0.25, -0.2) is 8.42 Å². The van der Waals surface area contributed by atoms with Crippen molar-refractivity contribution in [3.05, 3.63) is 59.4 Å². The molecule has 7 heteroatoms. The molecular formula is C19H19N3O3S. The lowest BCUT2D eigenvalue weighted by molar-refractivity contribution is -0.124. The van der Waals surface area contributed by atoms with Gasteiger partial charge in [-0.15, -0.1) is 0 Å². The quantitative estimate of drug-likeness (QED) is 0.867. The molecule has 1 aromatic carbocycles. The molecule has 2 aliphatic heterocycles. The van der Waals surface area contributed by atoms with Gasteiger partial charge in [0.2, 0.25) is 5.91 Å². The minimum absolute atomic E-state index is 0.111.